The Hall–Kier alpha value is -3.72. The summed E-state index contributed by atoms with van der Waals surface area (Å²) in [6.07, 6.45) is 1.71. The largest absolute Gasteiger partial charge is 0.507 e. The summed E-state index contributed by atoms with van der Waals surface area (Å²) < 4.78 is 0. The second kappa shape index (κ2) is 15.1. The monoisotopic (exact) mass is 775 g/mol. The predicted octanol–water partition coefficient (Wildman–Crippen LogP) is 14.3. The Balaban J connectivity index is 2.13. The minimum absolute atomic E-state index is 0.100. The van der Waals surface area contributed by atoms with Gasteiger partial charge in [-0.1, -0.05) is 161 Å². The molecule has 0 aliphatic heterocycles. The zero-order valence-electron chi connectivity index (χ0n) is 39.9. The molecule has 0 saturated carbocycles. The van der Waals surface area contributed by atoms with Crippen LogP contribution in [0.3, 0.4) is 0 Å². The minimum Gasteiger partial charge on any atom is -0.507 e. The van der Waals surface area contributed by atoms with Crippen molar-refractivity contribution in [1.82, 2.24) is 0 Å². The summed E-state index contributed by atoms with van der Waals surface area (Å²) in [5.41, 5.74) is 15.4. The van der Waals surface area contributed by atoms with E-state index in [0.29, 0.717) is 36.5 Å². The maximum Gasteiger partial charge on any atom is 0.122 e. The van der Waals surface area contributed by atoms with Gasteiger partial charge in [-0.05, 0) is 137 Å². The van der Waals surface area contributed by atoms with Crippen LogP contribution in [0, 0.1) is 20.8 Å². The number of rotatable bonds is 6. The number of phenols is 3. The van der Waals surface area contributed by atoms with Crippen LogP contribution in [0.5, 0.6) is 17.2 Å². The van der Waals surface area contributed by atoms with Gasteiger partial charge in [-0.3, -0.25) is 0 Å². The van der Waals surface area contributed by atoms with E-state index in [1.165, 1.54) is 50.1 Å². The van der Waals surface area contributed by atoms with E-state index in [9.17, 15) is 15.3 Å². The number of hydrogen-bond acceptors (Lipinski definition) is 3. The summed E-state index contributed by atoms with van der Waals surface area (Å²) in [6.45, 7) is 46.4. The lowest BCUT2D eigenvalue weighted by Crippen LogP contribution is -2.19. The lowest BCUT2D eigenvalue weighted by atomic mass is 9.75. The molecular formula is C54H78O3. The summed E-state index contributed by atoms with van der Waals surface area (Å²) in [4.78, 5) is 0. The molecule has 4 aromatic carbocycles. The maximum atomic E-state index is 12.1. The minimum atomic E-state index is -0.242. The Labute approximate surface area is 348 Å². The number of hydrogen-bond donors (Lipinski definition) is 3. The van der Waals surface area contributed by atoms with Crippen molar-refractivity contribution < 1.29 is 15.3 Å². The van der Waals surface area contributed by atoms with E-state index in [0.717, 1.165) is 33.4 Å². The summed E-state index contributed by atoms with van der Waals surface area (Å²) in [6, 6.07) is 13.2. The second-order valence-electron chi connectivity index (χ2n) is 23.4. The zero-order chi connectivity index (χ0) is 43.8. The summed E-state index contributed by atoms with van der Waals surface area (Å²) in [5, 5.41) is 36.2. The van der Waals surface area contributed by atoms with Gasteiger partial charge in [0.15, 0.2) is 0 Å². The molecule has 3 nitrogen and oxygen atoms in total. The maximum absolute atomic E-state index is 12.1. The fraction of sp³-hybridized carbons (Fsp3) is 0.556. The van der Waals surface area contributed by atoms with Crippen LogP contribution in [-0.2, 0) is 51.8 Å². The SMILES string of the molecule is Cc1c(Cc2cc(C(C)(C)C)cc(C(C)(C)C)c2O)c(C)c(Cc2cc(C(C)(C)C)cc(C(C)(C)C)c2O)c(C)c1Cc1cc(C(C)(C)C)cc(C(C)(C)C)c1O. The third-order valence-corrected chi connectivity index (χ3v) is 12.4. The highest BCUT2D eigenvalue weighted by molar-refractivity contribution is 5.60. The highest BCUT2D eigenvalue weighted by Crippen LogP contribution is 2.44. The molecule has 0 aliphatic carbocycles. The molecule has 0 heterocycles. The molecule has 3 N–H and O–H groups in total. The van der Waals surface area contributed by atoms with Gasteiger partial charge in [-0.15, -0.1) is 0 Å². The molecule has 0 spiro atoms. The van der Waals surface area contributed by atoms with Gasteiger partial charge >= 0.3 is 0 Å². The first-order valence-corrected chi connectivity index (χ1v) is 21.3. The van der Waals surface area contributed by atoms with Crippen LogP contribution in [0.1, 0.15) is 208 Å². The van der Waals surface area contributed by atoms with Gasteiger partial charge in [0, 0.05) is 19.3 Å². The van der Waals surface area contributed by atoms with Crippen LogP contribution in [0.15, 0.2) is 36.4 Å². The van der Waals surface area contributed by atoms with Crippen LogP contribution in [-0.4, -0.2) is 15.3 Å². The van der Waals surface area contributed by atoms with Crippen molar-refractivity contribution in [1.29, 1.82) is 0 Å². The average Bonchev–Trinajstić information content (AvgIpc) is 3.02. The van der Waals surface area contributed by atoms with E-state index in [4.69, 9.17) is 0 Å². The van der Waals surface area contributed by atoms with Crippen molar-refractivity contribution in [2.24, 2.45) is 0 Å². The summed E-state index contributed by atoms with van der Waals surface area (Å²) >= 11 is 0. The van der Waals surface area contributed by atoms with Crippen molar-refractivity contribution >= 4 is 0 Å². The smallest absolute Gasteiger partial charge is 0.122 e. The number of benzene rings is 4. The topological polar surface area (TPSA) is 60.7 Å². The van der Waals surface area contributed by atoms with Crippen molar-refractivity contribution in [2.75, 3.05) is 0 Å². The normalized spacial score (nSPS) is 13.4. The fourth-order valence-corrected chi connectivity index (χ4v) is 8.26. The van der Waals surface area contributed by atoms with Gasteiger partial charge in [0.1, 0.15) is 17.2 Å². The van der Waals surface area contributed by atoms with E-state index in [2.05, 4.69) is 182 Å². The van der Waals surface area contributed by atoms with Crippen LogP contribution < -0.4 is 0 Å². The van der Waals surface area contributed by atoms with Crippen molar-refractivity contribution in [3.8, 4) is 17.2 Å². The molecule has 4 aromatic rings. The molecule has 4 rings (SSSR count). The fourth-order valence-electron chi connectivity index (χ4n) is 8.26. The Morgan fingerprint density at radius 2 is 0.509 bits per heavy atom. The highest BCUT2D eigenvalue weighted by Gasteiger charge is 2.30. The molecule has 312 valence electrons. The third-order valence-electron chi connectivity index (χ3n) is 12.4. The molecule has 0 unspecified atom stereocenters. The molecule has 57 heavy (non-hydrogen) atoms. The summed E-state index contributed by atoms with van der Waals surface area (Å²) in [5.74, 6) is 1.11. The van der Waals surface area contributed by atoms with Crippen LogP contribution >= 0.6 is 0 Å². The first kappa shape index (κ1) is 46.0. The third kappa shape index (κ3) is 9.77. The summed E-state index contributed by atoms with van der Waals surface area (Å²) in [7, 11) is 0. The van der Waals surface area contributed by atoms with E-state index >= 15 is 0 Å². The number of aromatic hydroxyl groups is 3. The van der Waals surface area contributed by atoms with Gasteiger partial charge in [-0.25, -0.2) is 0 Å². The lowest BCUT2D eigenvalue weighted by Gasteiger charge is -2.30. The first-order chi connectivity index (χ1) is 25.5. The number of phenolic OH excluding ortho intramolecular Hbond substituents is 3. The van der Waals surface area contributed by atoms with E-state index in [1.54, 1.807) is 0 Å². The zero-order valence-corrected chi connectivity index (χ0v) is 39.9. The van der Waals surface area contributed by atoms with Gasteiger partial charge in [0.2, 0.25) is 0 Å². The molecule has 0 fully saturated rings. The molecule has 0 aliphatic rings. The molecule has 0 aromatic heterocycles. The van der Waals surface area contributed by atoms with Crippen molar-refractivity contribution in [3.63, 3.8) is 0 Å². The molecule has 0 radical (unpaired) electrons. The molecule has 0 atom stereocenters. The van der Waals surface area contributed by atoms with Gasteiger partial charge in [-0.2, -0.15) is 0 Å². The molecule has 0 bridgehead atoms. The molecule has 3 heteroatoms. The highest BCUT2D eigenvalue weighted by atomic mass is 16.3. The Morgan fingerprint density at radius 3 is 0.667 bits per heavy atom. The lowest BCUT2D eigenvalue weighted by molar-refractivity contribution is 0.438. The molecular weight excluding hydrogens is 697 g/mol. The van der Waals surface area contributed by atoms with Crippen molar-refractivity contribution in [2.45, 2.75) is 197 Å². The second-order valence-corrected chi connectivity index (χ2v) is 23.4. The van der Waals surface area contributed by atoms with Crippen LogP contribution in [0.25, 0.3) is 0 Å². The first-order valence-electron chi connectivity index (χ1n) is 21.3. The quantitative estimate of drug-likeness (QED) is 0.183. The van der Waals surface area contributed by atoms with Gasteiger partial charge < -0.3 is 15.3 Å². The van der Waals surface area contributed by atoms with Gasteiger partial charge in [0.05, 0.1) is 0 Å². The standard InChI is InChI=1S/C54H78O3/c1-31-40(25-34-22-37(49(4,5)6)28-43(46(34)55)52(13,14)15)32(2)42(27-36-24-39(51(10,11)12)30-45(48(36)57)54(19,20)21)33(3)41(31)26-35-23-38(50(7,8)9)29-44(47(35)56)53(16,17)18/h22-24,28-30,55-57H,25-27H2,1-21H3. The van der Waals surface area contributed by atoms with E-state index in [1.807, 2.05) is 0 Å². The molecule has 0 saturated heterocycles. The Bertz CT molecular complexity index is 1880. The van der Waals surface area contributed by atoms with E-state index < -0.39 is 0 Å². The molecule has 0 amide bonds. The Kier molecular flexibility index (Phi) is 12.2. The van der Waals surface area contributed by atoms with E-state index in [-0.39, 0.29) is 32.5 Å². The average molecular weight is 775 g/mol. The predicted molar refractivity (Wildman–Crippen MR) is 246 cm³/mol. The van der Waals surface area contributed by atoms with Gasteiger partial charge in [0.25, 0.3) is 0 Å². The van der Waals surface area contributed by atoms with Crippen LogP contribution in [0.4, 0.5) is 0 Å². The van der Waals surface area contributed by atoms with Crippen LogP contribution in [0.2, 0.25) is 0 Å². The Morgan fingerprint density at radius 1 is 0.316 bits per heavy atom. The van der Waals surface area contributed by atoms with Crippen molar-refractivity contribution in [3.05, 3.63) is 120 Å².